The highest BCUT2D eigenvalue weighted by atomic mass is 16.5. The molecule has 0 N–H and O–H groups in total. The molecule has 0 aliphatic carbocycles. The number of nitrogens with zero attached hydrogens (tertiary/aromatic N) is 3. The maximum Gasteiger partial charge on any atom is 0.324 e. The molecule has 1 aliphatic heterocycles. The number of hydrogen-bond donors (Lipinski definition) is 0. The molecule has 0 atom stereocenters. The molecule has 0 aromatic heterocycles. The van der Waals surface area contributed by atoms with E-state index in [1.165, 1.54) is 0 Å². The summed E-state index contributed by atoms with van der Waals surface area (Å²) in [5.41, 5.74) is 2.89. The maximum atomic E-state index is 13.6. The van der Waals surface area contributed by atoms with E-state index in [-0.39, 0.29) is 11.9 Å². The fourth-order valence-corrected chi connectivity index (χ4v) is 4.62. The first kappa shape index (κ1) is 30.1. The third-order valence-corrected chi connectivity index (χ3v) is 6.92. The van der Waals surface area contributed by atoms with Gasteiger partial charge in [-0.15, -0.1) is 0 Å². The highest BCUT2D eigenvalue weighted by Crippen LogP contribution is 2.34. The number of benzene rings is 2. The molecule has 0 bridgehead atoms. The van der Waals surface area contributed by atoms with Crippen molar-refractivity contribution in [3.05, 3.63) is 47.5 Å². The summed E-state index contributed by atoms with van der Waals surface area (Å²) in [5, 5.41) is 0. The molecule has 39 heavy (non-hydrogen) atoms. The third-order valence-electron chi connectivity index (χ3n) is 6.92. The Bertz CT molecular complexity index is 1130. The van der Waals surface area contributed by atoms with E-state index in [9.17, 15) is 9.59 Å². The fourth-order valence-electron chi connectivity index (χ4n) is 4.62. The standard InChI is InChI=1S/C31H45N3O5/c1-31(2,3)15-8-9-18-39-28-21-25(13-14-26(28)37-6)34-17-10-16-33(30(34)36)22-24-12-11-23(19-27(24)38-7)20-29(35)32(4)5/h11-14,19,21H,8-10,15-18,20,22H2,1-7H3. The van der Waals surface area contributed by atoms with Crippen LogP contribution in [0.15, 0.2) is 36.4 Å². The minimum atomic E-state index is -0.0588. The van der Waals surface area contributed by atoms with Crippen molar-refractivity contribution >= 4 is 17.6 Å². The molecule has 1 aliphatic rings. The number of ether oxygens (including phenoxy) is 3. The van der Waals surface area contributed by atoms with Gasteiger partial charge in [0.25, 0.3) is 0 Å². The van der Waals surface area contributed by atoms with Gasteiger partial charge in [0.05, 0.1) is 33.8 Å². The molecule has 1 fully saturated rings. The lowest BCUT2D eigenvalue weighted by Crippen LogP contribution is -2.49. The molecule has 0 spiro atoms. The molecule has 214 valence electrons. The first-order chi connectivity index (χ1) is 18.5. The molecule has 0 radical (unpaired) electrons. The van der Waals surface area contributed by atoms with E-state index in [0.717, 1.165) is 42.5 Å². The van der Waals surface area contributed by atoms with Gasteiger partial charge in [-0.05, 0) is 54.9 Å². The van der Waals surface area contributed by atoms with Gasteiger partial charge in [0, 0.05) is 44.5 Å². The number of anilines is 1. The van der Waals surface area contributed by atoms with Crippen molar-refractivity contribution in [2.24, 2.45) is 5.41 Å². The van der Waals surface area contributed by atoms with Crippen LogP contribution >= 0.6 is 0 Å². The molecule has 3 rings (SSSR count). The molecule has 2 aromatic rings. The zero-order valence-corrected chi connectivity index (χ0v) is 24.7. The lowest BCUT2D eigenvalue weighted by Gasteiger charge is -2.36. The summed E-state index contributed by atoms with van der Waals surface area (Å²) in [4.78, 5) is 30.9. The molecule has 3 amide bonds. The van der Waals surface area contributed by atoms with E-state index in [0.29, 0.717) is 55.3 Å². The van der Waals surface area contributed by atoms with Gasteiger partial charge in [-0.25, -0.2) is 4.79 Å². The highest BCUT2D eigenvalue weighted by molar-refractivity contribution is 5.93. The largest absolute Gasteiger partial charge is 0.496 e. The number of rotatable bonds is 12. The molecule has 8 heteroatoms. The van der Waals surface area contributed by atoms with Gasteiger partial charge >= 0.3 is 6.03 Å². The summed E-state index contributed by atoms with van der Waals surface area (Å²) >= 11 is 0. The van der Waals surface area contributed by atoms with Gasteiger partial charge in [-0.1, -0.05) is 32.9 Å². The first-order valence-corrected chi connectivity index (χ1v) is 13.8. The number of hydrogen-bond acceptors (Lipinski definition) is 5. The summed E-state index contributed by atoms with van der Waals surface area (Å²) in [6.45, 7) is 9.07. The minimum absolute atomic E-state index is 0.0272. The Balaban J connectivity index is 1.70. The van der Waals surface area contributed by atoms with Crippen LogP contribution in [0.25, 0.3) is 0 Å². The number of methoxy groups -OCH3 is 2. The summed E-state index contributed by atoms with van der Waals surface area (Å²) in [6, 6.07) is 11.4. The zero-order valence-electron chi connectivity index (χ0n) is 24.7. The molecule has 2 aromatic carbocycles. The van der Waals surface area contributed by atoms with Crippen LogP contribution < -0.4 is 19.1 Å². The van der Waals surface area contributed by atoms with Crippen molar-refractivity contribution in [3.63, 3.8) is 0 Å². The second-order valence-corrected chi connectivity index (χ2v) is 11.5. The van der Waals surface area contributed by atoms with Crippen molar-refractivity contribution < 1.29 is 23.8 Å². The second kappa shape index (κ2) is 13.6. The normalized spacial score (nSPS) is 13.9. The smallest absolute Gasteiger partial charge is 0.324 e. The maximum absolute atomic E-state index is 13.6. The van der Waals surface area contributed by atoms with Crippen LogP contribution in [0.4, 0.5) is 10.5 Å². The van der Waals surface area contributed by atoms with Crippen molar-refractivity contribution in [1.29, 1.82) is 0 Å². The molecule has 1 saturated heterocycles. The van der Waals surface area contributed by atoms with E-state index in [1.54, 1.807) is 38.1 Å². The first-order valence-electron chi connectivity index (χ1n) is 13.8. The van der Waals surface area contributed by atoms with Crippen LogP contribution in [-0.2, 0) is 17.8 Å². The average Bonchev–Trinajstić information content (AvgIpc) is 2.89. The van der Waals surface area contributed by atoms with Gasteiger partial charge in [0.1, 0.15) is 5.75 Å². The molecule has 1 heterocycles. The van der Waals surface area contributed by atoms with Gasteiger partial charge in [-0.2, -0.15) is 0 Å². The van der Waals surface area contributed by atoms with Gasteiger partial charge in [0.2, 0.25) is 5.91 Å². The monoisotopic (exact) mass is 539 g/mol. The molecule has 8 nitrogen and oxygen atoms in total. The van der Waals surface area contributed by atoms with Gasteiger partial charge < -0.3 is 24.0 Å². The number of carbonyl (C=O) groups excluding carboxylic acids is 2. The zero-order chi connectivity index (χ0) is 28.6. The molecule has 0 saturated carbocycles. The number of likely N-dealkylation sites (N-methyl/N-ethyl adjacent to an activating group) is 1. The summed E-state index contributed by atoms with van der Waals surface area (Å²) < 4.78 is 17.2. The Labute approximate surface area is 233 Å². The lowest BCUT2D eigenvalue weighted by molar-refractivity contribution is -0.127. The van der Waals surface area contributed by atoms with Crippen molar-refractivity contribution in [2.45, 2.75) is 59.4 Å². The third kappa shape index (κ3) is 8.53. The minimum Gasteiger partial charge on any atom is -0.496 e. The van der Waals surface area contributed by atoms with E-state index >= 15 is 0 Å². The van der Waals surface area contributed by atoms with Crippen molar-refractivity contribution in [3.8, 4) is 17.2 Å². The number of amides is 3. The number of carbonyl (C=O) groups is 2. The quantitative estimate of drug-likeness (QED) is 0.321. The topological polar surface area (TPSA) is 71.6 Å². The molecular weight excluding hydrogens is 494 g/mol. The summed E-state index contributed by atoms with van der Waals surface area (Å²) in [7, 11) is 6.73. The Morgan fingerprint density at radius 1 is 0.949 bits per heavy atom. The van der Waals surface area contributed by atoms with Gasteiger partial charge in [-0.3, -0.25) is 9.69 Å². The predicted molar refractivity (Wildman–Crippen MR) is 155 cm³/mol. The van der Waals surface area contributed by atoms with Crippen molar-refractivity contribution in [1.82, 2.24) is 9.80 Å². The van der Waals surface area contributed by atoms with E-state index in [4.69, 9.17) is 14.2 Å². The van der Waals surface area contributed by atoms with E-state index in [1.807, 2.05) is 41.3 Å². The fraction of sp³-hybridized carbons (Fsp3) is 0.548. The summed E-state index contributed by atoms with van der Waals surface area (Å²) in [6.07, 6.45) is 4.36. The van der Waals surface area contributed by atoms with Crippen LogP contribution in [-0.4, -0.2) is 69.7 Å². The van der Waals surface area contributed by atoms with E-state index in [2.05, 4.69) is 20.8 Å². The predicted octanol–water partition coefficient (Wildman–Crippen LogP) is 5.76. The van der Waals surface area contributed by atoms with Crippen LogP contribution in [0.5, 0.6) is 17.2 Å². The van der Waals surface area contributed by atoms with Crippen molar-refractivity contribution in [2.75, 3.05) is 52.9 Å². The Morgan fingerprint density at radius 2 is 1.69 bits per heavy atom. The van der Waals surface area contributed by atoms with Crippen LogP contribution in [0.2, 0.25) is 0 Å². The summed E-state index contributed by atoms with van der Waals surface area (Å²) in [5.74, 6) is 2.02. The molecular formula is C31H45N3O5. The Hall–Kier alpha value is -3.42. The SMILES string of the molecule is COc1cc(CC(=O)N(C)C)ccc1CN1CCCN(c2ccc(OC)c(OCCCCC(C)(C)C)c2)C1=O. The average molecular weight is 540 g/mol. The van der Waals surface area contributed by atoms with Crippen LogP contribution in [0, 0.1) is 5.41 Å². The number of unbranched alkanes of at least 4 members (excludes halogenated alkanes) is 1. The van der Waals surface area contributed by atoms with Crippen LogP contribution in [0.3, 0.4) is 0 Å². The Morgan fingerprint density at radius 3 is 2.36 bits per heavy atom. The second-order valence-electron chi connectivity index (χ2n) is 11.5. The van der Waals surface area contributed by atoms with Gasteiger partial charge in [0.15, 0.2) is 11.5 Å². The highest BCUT2D eigenvalue weighted by Gasteiger charge is 2.28. The Kier molecular flexibility index (Phi) is 10.5. The van der Waals surface area contributed by atoms with E-state index < -0.39 is 0 Å². The molecule has 0 unspecified atom stereocenters. The van der Waals surface area contributed by atoms with Crippen LogP contribution in [0.1, 0.15) is 57.6 Å². The number of urea groups is 1. The lowest BCUT2D eigenvalue weighted by atomic mass is 9.90.